The Bertz CT molecular complexity index is 695. The molecule has 156 valence electrons. The lowest BCUT2D eigenvalue weighted by molar-refractivity contribution is -0.148. The number of alkyl halides is 3. The van der Waals surface area contributed by atoms with Crippen LogP contribution in [0.1, 0.15) is 23.6 Å². The predicted molar refractivity (Wildman–Crippen MR) is 110 cm³/mol. The SMILES string of the molecule is Cl.Cl.FC(F)(F)C[C@@H](c1cccc(OCc2ccccc2)c1)N1CCNCC1. The molecule has 28 heavy (non-hydrogen) atoms. The van der Waals surface area contributed by atoms with Gasteiger partial charge in [-0.25, -0.2) is 0 Å². The summed E-state index contributed by atoms with van der Waals surface area (Å²) < 4.78 is 45.2. The second-order valence-electron chi connectivity index (χ2n) is 6.47. The Morgan fingerprint density at radius 1 is 0.964 bits per heavy atom. The molecule has 0 bridgehead atoms. The summed E-state index contributed by atoms with van der Waals surface area (Å²) in [4.78, 5) is 1.90. The highest BCUT2D eigenvalue weighted by Gasteiger charge is 2.36. The van der Waals surface area contributed by atoms with Crippen molar-refractivity contribution < 1.29 is 17.9 Å². The van der Waals surface area contributed by atoms with Crippen molar-refractivity contribution in [1.82, 2.24) is 10.2 Å². The first kappa shape index (κ1) is 24.6. The fraction of sp³-hybridized carbons (Fsp3) is 0.400. The Hall–Kier alpha value is -1.47. The molecule has 0 aromatic heterocycles. The van der Waals surface area contributed by atoms with Crippen LogP contribution < -0.4 is 10.1 Å². The molecule has 1 aliphatic heterocycles. The first-order valence-corrected chi connectivity index (χ1v) is 8.79. The molecule has 3 rings (SSSR count). The number of piperazine rings is 1. The van der Waals surface area contributed by atoms with Crippen LogP contribution in [0, 0.1) is 0 Å². The van der Waals surface area contributed by atoms with E-state index in [0.29, 0.717) is 44.1 Å². The van der Waals surface area contributed by atoms with E-state index in [0.717, 1.165) is 5.56 Å². The van der Waals surface area contributed by atoms with E-state index in [1.165, 1.54) is 0 Å². The van der Waals surface area contributed by atoms with Crippen molar-refractivity contribution in [2.24, 2.45) is 0 Å². The molecule has 1 aliphatic rings. The Kier molecular flexibility index (Phi) is 10.1. The van der Waals surface area contributed by atoms with Gasteiger partial charge < -0.3 is 10.1 Å². The summed E-state index contributed by atoms with van der Waals surface area (Å²) in [7, 11) is 0. The van der Waals surface area contributed by atoms with Gasteiger partial charge in [0.1, 0.15) is 12.4 Å². The first-order chi connectivity index (χ1) is 12.5. The van der Waals surface area contributed by atoms with Gasteiger partial charge in [-0.2, -0.15) is 13.2 Å². The van der Waals surface area contributed by atoms with Gasteiger partial charge in [0.15, 0.2) is 0 Å². The quantitative estimate of drug-likeness (QED) is 0.688. The molecule has 0 aliphatic carbocycles. The highest BCUT2D eigenvalue weighted by molar-refractivity contribution is 5.85. The van der Waals surface area contributed by atoms with Gasteiger partial charge in [-0.1, -0.05) is 42.5 Å². The van der Waals surface area contributed by atoms with Gasteiger partial charge in [-0.15, -0.1) is 24.8 Å². The number of hydrogen-bond acceptors (Lipinski definition) is 3. The number of halogens is 5. The van der Waals surface area contributed by atoms with Crippen molar-refractivity contribution in [2.75, 3.05) is 26.2 Å². The molecule has 2 aromatic carbocycles. The van der Waals surface area contributed by atoms with Crippen molar-refractivity contribution in [2.45, 2.75) is 25.2 Å². The molecule has 3 nitrogen and oxygen atoms in total. The lowest BCUT2D eigenvalue weighted by atomic mass is 10.0. The average molecular weight is 437 g/mol. The van der Waals surface area contributed by atoms with E-state index in [4.69, 9.17) is 4.74 Å². The summed E-state index contributed by atoms with van der Waals surface area (Å²) in [6.07, 6.45) is -5.06. The van der Waals surface area contributed by atoms with Crippen molar-refractivity contribution in [1.29, 1.82) is 0 Å². The normalized spacial score (nSPS) is 15.8. The molecule has 0 amide bonds. The van der Waals surface area contributed by atoms with Crippen LogP contribution in [0.3, 0.4) is 0 Å². The zero-order valence-electron chi connectivity index (χ0n) is 15.3. The van der Waals surface area contributed by atoms with Crippen LogP contribution in [-0.2, 0) is 6.61 Å². The molecular formula is C20H25Cl2F3N2O. The minimum absolute atomic E-state index is 0. The summed E-state index contributed by atoms with van der Waals surface area (Å²) in [5.41, 5.74) is 1.67. The van der Waals surface area contributed by atoms with Crippen molar-refractivity contribution in [3.8, 4) is 5.75 Å². The molecule has 1 saturated heterocycles. The van der Waals surface area contributed by atoms with E-state index in [-0.39, 0.29) is 24.8 Å². The average Bonchev–Trinajstić information content (AvgIpc) is 2.66. The Morgan fingerprint density at radius 3 is 2.29 bits per heavy atom. The second-order valence-corrected chi connectivity index (χ2v) is 6.47. The standard InChI is InChI=1S/C20H23F3N2O.2ClH/c21-20(22,23)14-19(25-11-9-24-10-12-25)17-7-4-8-18(13-17)26-15-16-5-2-1-3-6-16;;/h1-8,13,19,24H,9-12,14-15H2;2*1H/t19-;;/m0../s1. The summed E-state index contributed by atoms with van der Waals surface area (Å²) >= 11 is 0. The molecule has 1 fully saturated rings. The minimum Gasteiger partial charge on any atom is -0.489 e. The van der Waals surface area contributed by atoms with Gasteiger partial charge in [-0.3, -0.25) is 4.90 Å². The lowest BCUT2D eigenvalue weighted by Gasteiger charge is -2.35. The number of rotatable bonds is 6. The van der Waals surface area contributed by atoms with Gasteiger partial charge in [-0.05, 0) is 23.3 Å². The lowest BCUT2D eigenvalue weighted by Crippen LogP contribution is -2.46. The van der Waals surface area contributed by atoms with Crippen molar-refractivity contribution >= 4 is 24.8 Å². The molecule has 8 heteroatoms. The van der Waals surface area contributed by atoms with E-state index < -0.39 is 18.6 Å². The predicted octanol–water partition coefficient (Wildman–Crippen LogP) is 5.01. The maximum atomic E-state index is 13.1. The third-order valence-electron chi connectivity index (χ3n) is 4.51. The monoisotopic (exact) mass is 436 g/mol. The van der Waals surface area contributed by atoms with Crippen LogP contribution in [0.4, 0.5) is 13.2 Å². The summed E-state index contributed by atoms with van der Waals surface area (Å²) in [5.74, 6) is 0.591. The molecule has 1 N–H and O–H groups in total. The Labute approximate surface area is 176 Å². The molecule has 0 spiro atoms. The van der Waals surface area contributed by atoms with Gasteiger partial charge in [0.05, 0.1) is 6.42 Å². The van der Waals surface area contributed by atoms with E-state index in [1.54, 1.807) is 24.3 Å². The number of nitrogens with one attached hydrogen (secondary N) is 1. The zero-order chi connectivity index (χ0) is 18.4. The van der Waals surface area contributed by atoms with Crippen molar-refractivity contribution in [3.63, 3.8) is 0 Å². The van der Waals surface area contributed by atoms with Crippen LogP contribution in [0.2, 0.25) is 0 Å². The third-order valence-corrected chi connectivity index (χ3v) is 4.51. The van der Waals surface area contributed by atoms with E-state index in [1.807, 2.05) is 35.2 Å². The van der Waals surface area contributed by atoms with Gasteiger partial charge in [0.25, 0.3) is 0 Å². The Balaban J connectivity index is 0.00000196. The van der Waals surface area contributed by atoms with E-state index in [2.05, 4.69) is 5.32 Å². The van der Waals surface area contributed by atoms with E-state index in [9.17, 15) is 13.2 Å². The highest BCUT2D eigenvalue weighted by atomic mass is 35.5. The third kappa shape index (κ3) is 7.51. The second kappa shape index (κ2) is 11.5. The molecule has 0 unspecified atom stereocenters. The van der Waals surface area contributed by atoms with E-state index >= 15 is 0 Å². The maximum Gasteiger partial charge on any atom is 0.390 e. The number of ether oxygens (including phenoxy) is 1. The van der Waals surface area contributed by atoms with Crippen LogP contribution >= 0.6 is 24.8 Å². The summed E-state index contributed by atoms with van der Waals surface area (Å²) in [6, 6.07) is 16.1. The van der Waals surface area contributed by atoms with Gasteiger partial charge in [0, 0.05) is 32.2 Å². The number of benzene rings is 2. The van der Waals surface area contributed by atoms with Gasteiger partial charge in [0.2, 0.25) is 0 Å². The number of hydrogen-bond donors (Lipinski definition) is 1. The van der Waals surface area contributed by atoms with Crippen LogP contribution in [0.15, 0.2) is 54.6 Å². The smallest absolute Gasteiger partial charge is 0.390 e. The van der Waals surface area contributed by atoms with Crippen molar-refractivity contribution in [3.05, 3.63) is 65.7 Å². The molecule has 0 radical (unpaired) electrons. The Morgan fingerprint density at radius 2 is 1.64 bits per heavy atom. The number of nitrogens with zero attached hydrogens (tertiary/aromatic N) is 1. The first-order valence-electron chi connectivity index (χ1n) is 8.79. The maximum absolute atomic E-state index is 13.1. The van der Waals surface area contributed by atoms with Crippen LogP contribution in [-0.4, -0.2) is 37.3 Å². The van der Waals surface area contributed by atoms with Gasteiger partial charge >= 0.3 is 6.18 Å². The fourth-order valence-corrected chi connectivity index (χ4v) is 3.22. The fourth-order valence-electron chi connectivity index (χ4n) is 3.22. The zero-order valence-corrected chi connectivity index (χ0v) is 17.0. The molecule has 0 saturated carbocycles. The van der Waals surface area contributed by atoms with Crippen LogP contribution in [0.5, 0.6) is 5.75 Å². The topological polar surface area (TPSA) is 24.5 Å². The summed E-state index contributed by atoms with van der Waals surface area (Å²) in [5, 5.41) is 3.19. The molecule has 2 aromatic rings. The molecule has 1 atom stereocenters. The molecule has 1 heterocycles. The minimum atomic E-state index is -4.21. The van der Waals surface area contributed by atoms with Crippen LogP contribution in [0.25, 0.3) is 0 Å². The largest absolute Gasteiger partial charge is 0.489 e. The highest BCUT2D eigenvalue weighted by Crippen LogP contribution is 2.35. The summed E-state index contributed by atoms with van der Waals surface area (Å²) in [6.45, 7) is 3.02. The molecular weight excluding hydrogens is 412 g/mol.